The second-order valence-electron chi connectivity index (χ2n) is 5.16. The Labute approximate surface area is 113 Å². The Morgan fingerprint density at radius 3 is 2.94 bits per heavy atom. The zero-order valence-electron chi connectivity index (χ0n) is 11.2. The Kier molecular flexibility index (Phi) is 5.12. The van der Waals surface area contributed by atoms with E-state index in [9.17, 15) is 0 Å². The molecule has 5 heteroatoms. The number of nitrogens with one attached hydrogen (secondary N) is 2. The molecule has 1 fully saturated rings. The van der Waals surface area contributed by atoms with Gasteiger partial charge in [-0.25, -0.2) is 4.98 Å². The molecular formula is C13H23N3OS. The number of rotatable bonds is 6. The summed E-state index contributed by atoms with van der Waals surface area (Å²) >= 11 is 1.71. The van der Waals surface area contributed by atoms with Crippen LogP contribution in [0, 0.1) is 5.41 Å². The van der Waals surface area contributed by atoms with Crippen LogP contribution < -0.4 is 10.6 Å². The van der Waals surface area contributed by atoms with Crippen LogP contribution >= 0.6 is 11.3 Å². The Balaban J connectivity index is 1.89. The van der Waals surface area contributed by atoms with E-state index >= 15 is 0 Å². The van der Waals surface area contributed by atoms with Crippen molar-refractivity contribution >= 4 is 11.3 Å². The average Bonchev–Trinajstić information content (AvgIpc) is 2.91. The first-order valence-electron chi connectivity index (χ1n) is 6.58. The van der Waals surface area contributed by atoms with Crippen molar-refractivity contribution in [3.8, 4) is 0 Å². The van der Waals surface area contributed by atoms with Gasteiger partial charge in [0.05, 0.1) is 12.6 Å². The highest BCUT2D eigenvalue weighted by molar-refractivity contribution is 7.09. The van der Waals surface area contributed by atoms with E-state index in [2.05, 4.69) is 22.5 Å². The van der Waals surface area contributed by atoms with Gasteiger partial charge in [-0.1, -0.05) is 0 Å². The van der Waals surface area contributed by atoms with Crippen LogP contribution in [0.25, 0.3) is 0 Å². The summed E-state index contributed by atoms with van der Waals surface area (Å²) in [5.41, 5.74) is 0.283. The molecular weight excluding hydrogens is 246 g/mol. The van der Waals surface area contributed by atoms with Crippen LogP contribution in [-0.2, 0) is 4.74 Å². The number of hydrogen-bond acceptors (Lipinski definition) is 5. The van der Waals surface area contributed by atoms with E-state index in [-0.39, 0.29) is 5.41 Å². The largest absolute Gasteiger partial charge is 0.384 e. The lowest BCUT2D eigenvalue weighted by Crippen LogP contribution is -2.46. The smallest absolute Gasteiger partial charge is 0.109 e. The van der Waals surface area contributed by atoms with Gasteiger partial charge in [0.1, 0.15) is 5.01 Å². The standard InChI is InChI=1S/C13H23N3OS/c1-11(12-15-7-8-18-12)16-9-13(10-17-2)3-5-14-6-4-13/h7-8,11,14,16H,3-6,9-10H2,1-2H3. The van der Waals surface area contributed by atoms with E-state index in [0.29, 0.717) is 6.04 Å². The molecule has 2 heterocycles. The SMILES string of the molecule is COCC1(CNC(C)c2nccs2)CCNCC1. The lowest BCUT2D eigenvalue weighted by atomic mass is 9.79. The molecule has 2 rings (SSSR count). The maximum absolute atomic E-state index is 5.43. The third-order valence-corrected chi connectivity index (χ3v) is 4.68. The number of ether oxygens (including phenoxy) is 1. The molecule has 0 saturated carbocycles. The van der Waals surface area contributed by atoms with Gasteiger partial charge in [-0.15, -0.1) is 11.3 Å². The van der Waals surface area contributed by atoms with Crippen LogP contribution in [0.5, 0.6) is 0 Å². The molecule has 18 heavy (non-hydrogen) atoms. The van der Waals surface area contributed by atoms with Gasteiger partial charge in [-0.05, 0) is 32.9 Å². The number of nitrogens with zero attached hydrogens (tertiary/aromatic N) is 1. The predicted octanol–water partition coefficient (Wildman–Crippen LogP) is 1.81. The third kappa shape index (κ3) is 3.51. The van der Waals surface area contributed by atoms with E-state index in [1.54, 1.807) is 18.4 Å². The molecule has 4 nitrogen and oxygen atoms in total. The zero-order chi connectivity index (χ0) is 12.8. The van der Waals surface area contributed by atoms with Crippen LogP contribution in [0.3, 0.4) is 0 Å². The van der Waals surface area contributed by atoms with Crippen molar-refractivity contribution in [2.24, 2.45) is 5.41 Å². The topological polar surface area (TPSA) is 46.2 Å². The minimum Gasteiger partial charge on any atom is -0.384 e. The van der Waals surface area contributed by atoms with Gasteiger partial charge >= 0.3 is 0 Å². The first-order chi connectivity index (χ1) is 8.76. The lowest BCUT2D eigenvalue weighted by molar-refractivity contribution is 0.0518. The highest BCUT2D eigenvalue weighted by Gasteiger charge is 2.32. The Morgan fingerprint density at radius 1 is 1.56 bits per heavy atom. The van der Waals surface area contributed by atoms with Crippen molar-refractivity contribution in [2.45, 2.75) is 25.8 Å². The second-order valence-corrected chi connectivity index (χ2v) is 6.08. The molecule has 1 aliphatic heterocycles. The normalized spacial score (nSPS) is 20.8. The molecule has 1 unspecified atom stereocenters. The Bertz CT molecular complexity index is 331. The maximum atomic E-state index is 5.43. The summed E-state index contributed by atoms with van der Waals surface area (Å²) in [6.45, 7) is 6.21. The van der Waals surface area contributed by atoms with E-state index in [4.69, 9.17) is 4.74 Å². The number of piperidine rings is 1. The molecule has 102 valence electrons. The number of methoxy groups -OCH3 is 1. The zero-order valence-corrected chi connectivity index (χ0v) is 12.1. The Hall–Kier alpha value is -0.490. The molecule has 0 amide bonds. The van der Waals surface area contributed by atoms with Gasteiger partial charge in [0, 0.05) is 30.6 Å². The molecule has 0 aliphatic carbocycles. The Morgan fingerprint density at radius 2 is 2.33 bits per heavy atom. The quantitative estimate of drug-likeness (QED) is 0.827. The van der Waals surface area contributed by atoms with Crippen LogP contribution in [0.4, 0.5) is 0 Å². The summed E-state index contributed by atoms with van der Waals surface area (Å²) in [7, 11) is 1.80. The first kappa shape index (κ1) is 13.9. The molecule has 0 bridgehead atoms. The first-order valence-corrected chi connectivity index (χ1v) is 7.46. The summed E-state index contributed by atoms with van der Waals surface area (Å²) < 4.78 is 5.43. The minimum absolute atomic E-state index is 0.283. The highest BCUT2D eigenvalue weighted by Crippen LogP contribution is 2.29. The fourth-order valence-electron chi connectivity index (χ4n) is 2.54. The summed E-state index contributed by atoms with van der Waals surface area (Å²) in [6, 6.07) is 0.327. The fraction of sp³-hybridized carbons (Fsp3) is 0.769. The van der Waals surface area contributed by atoms with Crippen molar-refractivity contribution in [3.05, 3.63) is 16.6 Å². The summed E-state index contributed by atoms with van der Waals surface area (Å²) in [6.07, 6.45) is 4.23. The molecule has 1 aromatic heterocycles. The van der Waals surface area contributed by atoms with Gasteiger partial charge < -0.3 is 15.4 Å². The molecule has 2 N–H and O–H groups in total. The van der Waals surface area contributed by atoms with E-state index < -0.39 is 0 Å². The molecule has 0 aromatic carbocycles. The van der Waals surface area contributed by atoms with Crippen molar-refractivity contribution < 1.29 is 4.74 Å². The highest BCUT2D eigenvalue weighted by atomic mass is 32.1. The minimum atomic E-state index is 0.283. The number of hydrogen-bond donors (Lipinski definition) is 2. The van der Waals surface area contributed by atoms with E-state index in [0.717, 1.165) is 31.2 Å². The van der Waals surface area contributed by atoms with Crippen molar-refractivity contribution in [3.63, 3.8) is 0 Å². The van der Waals surface area contributed by atoms with Crippen LogP contribution in [0.1, 0.15) is 30.8 Å². The third-order valence-electron chi connectivity index (χ3n) is 3.72. The molecule has 1 aliphatic rings. The number of thiazole rings is 1. The summed E-state index contributed by atoms with van der Waals surface area (Å²) in [4.78, 5) is 4.36. The van der Waals surface area contributed by atoms with Crippen molar-refractivity contribution in [1.82, 2.24) is 15.6 Å². The van der Waals surface area contributed by atoms with E-state index in [1.807, 2.05) is 11.6 Å². The second kappa shape index (κ2) is 6.61. The van der Waals surface area contributed by atoms with Crippen molar-refractivity contribution in [2.75, 3.05) is 33.4 Å². The predicted molar refractivity (Wildman–Crippen MR) is 74.9 cm³/mol. The molecule has 1 atom stereocenters. The van der Waals surface area contributed by atoms with Gasteiger partial charge in [0.2, 0.25) is 0 Å². The van der Waals surface area contributed by atoms with Gasteiger partial charge in [-0.3, -0.25) is 0 Å². The lowest BCUT2D eigenvalue weighted by Gasteiger charge is -2.38. The molecule has 0 radical (unpaired) electrons. The van der Waals surface area contributed by atoms with Crippen LogP contribution in [-0.4, -0.2) is 38.3 Å². The summed E-state index contributed by atoms with van der Waals surface area (Å²) in [5.74, 6) is 0. The van der Waals surface area contributed by atoms with Gasteiger partial charge in [0.15, 0.2) is 0 Å². The van der Waals surface area contributed by atoms with Gasteiger partial charge in [0.25, 0.3) is 0 Å². The van der Waals surface area contributed by atoms with Crippen molar-refractivity contribution in [1.29, 1.82) is 0 Å². The molecule has 0 spiro atoms. The number of aromatic nitrogens is 1. The fourth-order valence-corrected chi connectivity index (χ4v) is 3.21. The monoisotopic (exact) mass is 269 g/mol. The van der Waals surface area contributed by atoms with E-state index in [1.165, 1.54) is 12.8 Å². The molecule has 1 aromatic rings. The average molecular weight is 269 g/mol. The van der Waals surface area contributed by atoms with Crippen LogP contribution in [0.2, 0.25) is 0 Å². The molecule has 1 saturated heterocycles. The summed E-state index contributed by atoms with van der Waals surface area (Å²) in [5, 5.41) is 10.2. The maximum Gasteiger partial charge on any atom is 0.109 e. The van der Waals surface area contributed by atoms with Crippen LogP contribution in [0.15, 0.2) is 11.6 Å². The van der Waals surface area contributed by atoms with Gasteiger partial charge in [-0.2, -0.15) is 0 Å².